The Morgan fingerprint density at radius 1 is 0.946 bits per heavy atom. The monoisotopic (exact) mass is 627 g/mol. The molecule has 0 bridgehead atoms. The van der Waals surface area contributed by atoms with E-state index in [9.17, 15) is 14.4 Å². The standard InChI is InChI=1S/C17H22NO6.3C4H9.Sn/c1-11(19)23-13-8-6-12(7-9-13)10-14(15(20)22-5)18-16(21)24-17(2,3)4;3*1-3-4-2;/h6-8,14H,10H2,1-5H3,(H,18,21);3*1,3-4H2,2H3;/t14-;;;;/m0..../s1. The second kappa shape index (κ2) is 16.2. The number of carbonyl (C=O) groups is 3. The molecule has 210 valence electrons. The first kappa shape index (κ1) is 33.3. The van der Waals surface area contributed by atoms with Crippen LogP contribution in [-0.4, -0.2) is 55.2 Å². The summed E-state index contributed by atoms with van der Waals surface area (Å²) in [6.07, 6.45) is 6.48. The Labute approximate surface area is 228 Å². The first-order valence-electron chi connectivity index (χ1n) is 13.8. The molecule has 8 heteroatoms. The summed E-state index contributed by atoms with van der Waals surface area (Å²) in [6, 6.07) is 5.02. The zero-order chi connectivity index (χ0) is 28.1. The summed E-state index contributed by atoms with van der Waals surface area (Å²) >= 11 is -3.00. The van der Waals surface area contributed by atoms with Crippen LogP contribution in [0.3, 0.4) is 0 Å². The van der Waals surface area contributed by atoms with Gasteiger partial charge in [-0.2, -0.15) is 0 Å². The maximum absolute atomic E-state index is 12.6. The van der Waals surface area contributed by atoms with Crippen molar-refractivity contribution in [1.82, 2.24) is 5.32 Å². The number of unbranched alkanes of at least 4 members (excludes halogenated alkanes) is 3. The van der Waals surface area contributed by atoms with Crippen molar-refractivity contribution in [1.29, 1.82) is 0 Å². The summed E-state index contributed by atoms with van der Waals surface area (Å²) in [6.45, 7) is 13.4. The van der Waals surface area contributed by atoms with Crippen molar-refractivity contribution >= 4 is 40.0 Å². The number of esters is 2. The van der Waals surface area contributed by atoms with Gasteiger partial charge >= 0.3 is 229 Å². The predicted octanol–water partition coefficient (Wildman–Crippen LogP) is 6.28. The molecule has 0 radical (unpaired) electrons. The van der Waals surface area contributed by atoms with Gasteiger partial charge in [0.25, 0.3) is 0 Å². The van der Waals surface area contributed by atoms with Crippen LogP contribution in [0.15, 0.2) is 18.2 Å². The van der Waals surface area contributed by atoms with Gasteiger partial charge in [0.2, 0.25) is 0 Å². The van der Waals surface area contributed by atoms with Crippen molar-refractivity contribution < 1.29 is 28.6 Å². The molecule has 1 N–H and O–H groups in total. The maximum atomic E-state index is 12.6. The number of amides is 1. The van der Waals surface area contributed by atoms with Crippen molar-refractivity contribution in [2.24, 2.45) is 0 Å². The number of hydrogen-bond donors (Lipinski definition) is 1. The van der Waals surface area contributed by atoms with Crippen LogP contribution in [-0.2, 0) is 25.5 Å². The van der Waals surface area contributed by atoms with E-state index in [1.807, 2.05) is 12.1 Å². The molecule has 0 saturated heterocycles. The quantitative estimate of drug-likeness (QED) is 0.140. The Kier molecular flexibility index (Phi) is 14.6. The third-order valence-corrected chi connectivity index (χ3v) is 22.1. The molecule has 37 heavy (non-hydrogen) atoms. The molecule has 0 spiro atoms. The van der Waals surface area contributed by atoms with Crippen LogP contribution in [0, 0.1) is 0 Å². The molecule has 0 fully saturated rings. The molecule has 0 saturated carbocycles. The molecule has 1 aromatic rings. The summed E-state index contributed by atoms with van der Waals surface area (Å²) in [7, 11) is 1.31. The second-order valence-electron chi connectivity index (χ2n) is 10.9. The number of benzene rings is 1. The zero-order valence-corrected chi connectivity index (χ0v) is 27.2. The first-order valence-corrected chi connectivity index (χ1v) is 21.3. The van der Waals surface area contributed by atoms with Crippen LogP contribution >= 0.6 is 0 Å². The third-order valence-electron chi connectivity index (χ3n) is 6.51. The zero-order valence-electron chi connectivity index (χ0n) is 24.3. The van der Waals surface area contributed by atoms with E-state index in [1.165, 1.54) is 30.9 Å². The Morgan fingerprint density at radius 2 is 1.49 bits per heavy atom. The van der Waals surface area contributed by atoms with Gasteiger partial charge in [-0.15, -0.1) is 0 Å². The van der Waals surface area contributed by atoms with Gasteiger partial charge in [-0.25, -0.2) is 0 Å². The molecule has 1 amide bonds. The van der Waals surface area contributed by atoms with Crippen molar-refractivity contribution in [2.45, 2.75) is 118 Å². The van der Waals surface area contributed by atoms with Gasteiger partial charge in [0.05, 0.1) is 0 Å². The van der Waals surface area contributed by atoms with Crippen LogP contribution in [0.1, 0.15) is 92.6 Å². The number of hydrogen-bond acceptors (Lipinski definition) is 6. The van der Waals surface area contributed by atoms with E-state index >= 15 is 0 Å². The minimum absolute atomic E-state index is 0.260. The molecule has 0 aliphatic rings. The van der Waals surface area contributed by atoms with Gasteiger partial charge < -0.3 is 0 Å². The summed E-state index contributed by atoms with van der Waals surface area (Å²) in [5, 5.41) is 2.68. The Morgan fingerprint density at radius 3 is 1.92 bits per heavy atom. The summed E-state index contributed by atoms with van der Waals surface area (Å²) in [5.41, 5.74) is 0.220. The van der Waals surface area contributed by atoms with E-state index in [0.29, 0.717) is 5.75 Å². The number of alkyl carbamates (subject to hydrolysis) is 1. The SMILES string of the molecule is CCC[CH2][Sn]([CH2]CCC)([CH2]CCC)[c]1cc(C[C@H](NC(=O)OC(C)(C)C)C(=O)OC)ccc1OC(C)=O. The van der Waals surface area contributed by atoms with E-state index in [4.69, 9.17) is 14.2 Å². The summed E-state index contributed by atoms with van der Waals surface area (Å²) in [4.78, 5) is 37.1. The fourth-order valence-electron chi connectivity index (χ4n) is 4.71. The molecule has 0 aromatic heterocycles. The van der Waals surface area contributed by atoms with E-state index < -0.39 is 42.1 Å². The average Bonchev–Trinajstić information content (AvgIpc) is 2.82. The van der Waals surface area contributed by atoms with E-state index in [1.54, 1.807) is 20.8 Å². The predicted molar refractivity (Wildman–Crippen MR) is 151 cm³/mol. The van der Waals surface area contributed by atoms with Crippen molar-refractivity contribution in [2.75, 3.05) is 7.11 Å². The van der Waals surface area contributed by atoms with Crippen LogP contribution in [0.2, 0.25) is 13.3 Å². The van der Waals surface area contributed by atoms with E-state index in [2.05, 4.69) is 32.2 Å². The molecule has 1 rings (SSSR count). The van der Waals surface area contributed by atoms with Crippen LogP contribution in [0.25, 0.3) is 0 Å². The Bertz CT molecular complexity index is 858. The molecule has 0 unspecified atom stereocenters. The minimum atomic E-state index is -3.00. The molecule has 0 aliphatic carbocycles. The Balaban J connectivity index is 3.54. The second-order valence-corrected chi connectivity index (χ2v) is 24.1. The average molecular weight is 626 g/mol. The number of rotatable bonds is 15. The topological polar surface area (TPSA) is 90.9 Å². The van der Waals surface area contributed by atoms with Crippen molar-refractivity contribution in [3.05, 3.63) is 23.8 Å². The van der Waals surface area contributed by atoms with Gasteiger partial charge in [0.1, 0.15) is 0 Å². The van der Waals surface area contributed by atoms with Crippen molar-refractivity contribution in [3.63, 3.8) is 0 Å². The normalized spacial score (nSPS) is 12.5. The van der Waals surface area contributed by atoms with Crippen LogP contribution in [0.5, 0.6) is 5.75 Å². The van der Waals surface area contributed by atoms with Gasteiger partial charge in [-0.05, 0) is 0 Å². The first-order chi connectivity index (χ1) is 17.4. The summed E-state index contributed by atoms with van der Waals surface area (Å²) < 4.78 is 21.0. The molecule has 1 aromatic carbocycles. The fourth-order valence-corrected chi connectivity index (χ4v) is 21.3. The fraction of sp³-hybridized carbons (Fsp3) is 0.690. The Hall–Kier alpha value is -1.77. The number of carbonyl (C=O) groups excluding carboxylic acids is 3. The molecule has 0 heterocycles. The molecular formula is C29H49NO6Sn. The number of methoxy groups -OCH3 is 1. The number of ether oxygens (including phenoxy) is 3. The van der Waals surface area contributed by atoms with Crippen LogP contribution < -0.4 is 13.6 Å². The van der Waals surface area contributed by atoms with E-state index in [0.717, 1.165) is 44.1 Å². The van der Waals surface area contributed by atoms with Gasteiger partial charge in [0, 0.05) is 0 Å². The van der Waals surface area contributed by atoms with Gasteiger partial charge in [-0.3, -0.25) is 0 Å². The van der Waals surface area contributed by atoms with Crippen molar-refractivity contribution in [3.8, 4) is 5.75 Å². The third kappa shape index (κ3) is 11.7. The molecule has 1 atom stereocenters. The molecule has 0 aliphatic heterocycles. The molecule has 7 nitrogen and oxygen atoms in total. The van der Waals surface area contributed by atoms with E-state index in [-0.39, 0.29) is 12.4 Å². The van der Waals surface area contributed by atoms with Gasteiger partial charge in [0.15, 0.2) is 0 Å². The number of nitrogens with one attached hydrogen (secondary N) is 1. The van der Waals surface area contributed by atoms with Gasteiger partial charge in [-0.1, -0.05) is 0 Å². The summed E-state index contributed by atoms with van der Waals surface area (Å²) in [5.74, 6) is -0.186. The molecular weight excluding hydrogens is 577 g/mol. The van der Waals surface area contributed by atoms with Crippen LogP contribution in [0.4, 0.5) is 4.79 Å².